The van der Waals surface area contributed by atoms with Crippen LogP contribution in [0.4, 0.5) is 21.8 Å². The minimum Gasteiger partial charge on any atom is -0.357 e. The number of halogens is 1. The molecule has 3 saturated heterocycles. The van der Waals surface area contributed by atoms with Crippen molar-refractivity contribution in [3.8, 4) is 21.8 Å². The zero-order chi connectivity index (χ0) is 45.2. The van der Waals surface area contributed by atoms with Gasteiger partial charge in [0.1, 0.15) is 5.82 Å². The molecule has 8 rings (SSSR count). The fourth-order valence-electron chi connectivity index (χ4n) is 9.32. The molecule has 0 spiro atoms. The number of rotatable bonds is 12. The molecule has 3 N–H and O–H groups in total. The second-order valence-corrected chi connectivity index (χ2v) is 21.4. The van der Waals surface area contributed by atoms with Gasteiger partial charge in [0.05, 0.1) is 38.6 Å². The van der Waals surface area contributed by atoms with Crippen LogP contribution in [0.1, 0.15) is 102 Å². The monoisotopic (exact) mass is 914 g/mol. The average molecular weight is 915 g/mol. The van der Waals surface area contributed by atoms with Crippen LogP contribution in [0.25, 0.3) is 21.8 Å². The van der Waals surface area contributed by atoms with Crippen LogP contribution in [0.15, 0.2) is 48.8 Å². The summed E-state index contributed by atoms with van der Waals surface area (Å²) < 4.78 is 43.6. The summed E-state index contributed by atoms with van der Waals surface area (Å²) in [6, 6.07) is 11.0. The lowest BCUT2D eigenvalue weighted by molar-refractivity contribution is -0.138. The maximum absolute atomic E-state index is 16.1. The highest BCUT2D eigenvalue weighted by Crippen LogP contribution is 2.42. The number of carbonyl (C=O) groups excluding carboxylic acids is 3. The lowest BCUT2D eigenvalue weighted by Gasteiger charge is -2.43. The van der Waals surface area contributed by atoms with E-state index in [2.05, 4.69) is 60.8 Å². The molecule has 1 aliphatic carbocycles. The van der Waals surface area contributed by atoms with Gasteiger partial charge in [-0.2, -0.15) is 0 Å². The van der Waals surface area contributed by atoms with E-state index in [0.717, 1.165) is 94.2 Å². The Bertz CT molecular complexity index is 2440. The predicted molar refractivity (Wildman–Crippen MR) is 247 cm³/mol. The zero-order valence-corrected chi connectivity index (χ0v) is 38.7. The van der Waals surface area contributed by atoms with Crippen molar-refractivity contribution >= 4 is 56.5 Å². The van der Waals surface area contributed by atoms with E-state index in [4.69, 9.17) is 9.97 Å². The van der Waals surface area contributed by atoms with Crippen molar-refractivity contribution in [1.82, 2.24) is 35.1 Å². The van der Waals surface area contributed by atoms with Crippen LogP contribution in [0, 0.1) is 11.7 Å². The highest BCUT2D eigenvalue weighted by molar-refractivity contribution is 7.92. The van der Waals surface area contributed by atoms with Gasteiger partial charge >= 0.3 is 0 Å². The summed E-state index contributed by atoms with van der Waals surface area (Å²) in [5, 5.41) is 6.79. The molecule has 0 radical (unpaired) electrons. The third-order valence-corrected chi connectivity index (χ3v) is 15.9. The lowest BCUT2D eigenvalue weighted by Crippen LogP contribution is -2.54. The van der Waals surface area contributed by atoms with Crippen molar-refractivity contribution in [1.29, 1.82) is 0 Å². The zero-order valence-electron chi connectivity index (χ0n) is 37.1. The third kappa shape index (κ3) is 10.4. The number of hydrogen-bond acceptors (Lipinski definition) is 13. The molecule has 4 fully saturated rings. The molecule has 3 aromatic heterocycles. The fourth-order valence-corrected chi connectivity index (χ4v) is 11.6. The van der Waals surface area contributed by atoms with Crippen LogP contribution in [-0.4, -0.2) is 113 Å². The summed E-state index contributed by atoms with van der Waals surface area (Å²) in [6.45, 7) is 12.6. The Morgan fingerprint density at radius 2 is 1.67 bits per heavy atom. The van der Waals surface area contributed by atoms with E-state index in [1.54, 1.807) is 37.5 Å². The molecule has 0 bridgehead atoms. The van der Waals surface area contributed by atoms with Gasteiger partial charge in [-0.1, -0.05) is 39.8 Å². The Morgan fingerprint density at radius 3 is 2.34 bits per heavy atom. The third-order valence-electron chi connectivity index (χ3n) is 12.9. The van der Waals surface area contributed by atoms with E-state index in [1.165, 1.54) is 17.4 Å². The van der Waals surface area contributed by atoms with Crippen molar-refractivity contribution < 1.29 is 27.2 Å². The lowest BCUT2D eigenvalue weighted by atomic mass is 9.89. The van der Waals surface area contributed by atoms with Crippen molar-refractivity contribution in [3.05, 3.63) is 65.2 Å². The highest BCUT2D eigenvalue weighted by atomic mass is 32.2. The van der Waals surface area contributed by atoms with Crippen LogP contribution in [0.3, 0.4) is 0 Å². The van der Waals surface area contributed by atoms with E-state index in [-0.39, 0.29) is 58.0 Å². The average Bonchev–Trinajstić information content (AvgIpc) is 3.74. The van der Waals surface area contributed by atoms with Gasteiger partial charge in [-0.25, -0.2) is 32.7 Å². The van der Waals surface area contributed by atoms with Crippen molar-refractivity contribution in [3.63, 3.8) is 0 Å². The normalized spacial score (nSPS) is 21.7. The fraction of sp³-hybridized carbons (Fsp3) is 0.543. The summed E-state index contributed by atoms with van der Waals surface area (Å²) in [6.07, 6.45) is 10.2. The number of imide groups is 1. The number of nitrogens with one attached hydrogen (secondary N) is 3. The summed E-state index contributed by atoms with van der Waals surface area (Å²) in [4.78, 5) is 64.0. The number of carbonyl (C=O) groups is 3. The molecule has 18 heteroatoms. The van der Waals surface area contributed by atoms with Gasteiger partial charge < -0.3 is 15.1 Å². The maximum Gasteiger partial charge on any atom is 0.234 e. The van der Waals surface area contributed by atoms with E-state index in [1.807, 2.05) is 12.1 Å². The largest absolute Gasteiger partial charge is 0.357 e. The number of sulfonamides is 1. The molecule has 4 aromatic rings. The molecule has 1 aromatic carbocycles. The minimum atomic E-state index is -3.71. The second-order valence-electron chi connectivity index (χ2n) is 18.5. The van der Waals surface area contributed by atoms with Gasteiger partial charge in [0.25, 0.3) is 0 Å². The van der Waals surface area contributed by atoms with Gasteiger partial charge in [0.15, 0.2) is 5.82 Å². The quantitative estimate of drug-likeness (QED) is 0.131. The molecular formula is C46H59FN10O5S2. The first-order valence-electron chi connectivity index (χ1n) is 22.6. The van der Waals surface area contributed by atoms with Crippen molar-refractivity contribution in [2.24, 2.45) is 5.92 Å². The van der Waals surface area contributed by atoms with Crippen LogP contribution in [-0.2, 0) is 29.8 Å². The molecule has 6 heterocycles. The molecule has 0 unspecified atom stereocenters. The number of nitrogens with zero attached hydrogens (tertiary/aromatic N) is 7. The second kappa shape index (κ2) is 19.2. The topological polar surface area (TPSA) is 183 Å². The highest BCUT2D eigenvalue weighted by Gasteiger charge is 2.35. The number of benzene rings is 1. The van der Waals surface area contributed by atoms with Crippen LogP contribution in [0.5, 0.6) is 0 Å². The number of pyridine rings is 1. The molecule has 4 aliphatic rings. The van der Waals surface area contributed by atoms with Gasteiger partial charge in [-0.15, -0.1) is 11.3 Å². The Labute approximate surface area is 379 Å². The Hall–Kier alpha value is -5.07. The standard InChI is InChI=1S/C46H59FN10O5S2/c1-5-27-64(61,62)54-35-8-6-7-34(39(35)47)40-41(63-44(53-40)46(2,3)4)36-17-20-48-45(51-36)50-31-10-12-32(13-11-31)55-23-25-57(26-24-55)43(60)29-18-21-56(22-19-29)37-15-9-30(28-49-37)33-14-16-38(58)52-42(33)59/h6-9,15,17,20,28-29,31-33,54H,5,10-14,16,18-19,21-27H2,1-4H3,(H,48,50,51)(H,52,58,59)/t31?,32?,33-/m0/s1. The smallest absolute Gasteiger partial charge is 0.234 e. The SMILES string of the molecule is CCCS(=O)(=O)Nc1cccc(-c2nc(C(C)(C)C)sc2-c2ccnc(NC3CCC(N4CCN(C(=O)C5CCN(c6ccc([C@@H]7CCC(=O)NC7=O)cn6)CC5)CC4)CC3)n2)c1F. The number of piperidine rings is 2. The first kappa shape index (κ1) is 45.5. The molecule has 342 valence electrons. The molecule has 64 heavy (non-hydrogen) atoms. The van der Waals surface area contributed by atoms with E-state index in [0.29, 0.717) is 47.5 Å². The van der Waals surface area contributed by atoms with Gasteiger partial charge in [-0.05, 0) is 81.2 Å². The molecule has 3 aliphatic heterocycles. The number of aromatic nitrogens is 4. The Kier molecular flexibility index (Phi) is 13.6. The van der Waals surface area contributed by atoms with Gasteiger partial charge in [0.2, 0.25) is 33.7 Å². The Balaban J connectivity index is 0.823. The number of piperazine rings is 1. The number of anilines is 3. The minimum absolute atomic E-state index is 0.00195. The number of amides is 3. The summed E-state index contributed by atoms with van der Waals surface area (Å²) in [5.74, 6) is -0.0436. The number of thiazole rings is 1. The van der Waals surface area contributed by atoms with Crippen molar-refractivity contribution in [2.45, 2.75) is 109 Å². The van der Waals surface area contributed by atoms with E-state index >= 15 is 4.39 Å². The molecule has 1 saturated carbocycles. The van der Waals surface area contributed by atoms with Crippen LogP contribution >= 0.6 is 11.3 Å². The number of hydrogen-bond donors (Lipinski definition) is 3. The maximum atomic E-state index is 16.1. The summed E-state index contributed by atoms with van der Waals surface area (Å²) in [7, 11) is -3.71. The van der Waals surface area contributed by atoms with Crippen molar-refractivity contribution in [2.75, 3.05) is 60.0 Å². The first-order chi connectivity index (χ1) is 30.7. The van der Waals surface area contributed by atoms with Crippen LogP contribution < -0.4 is 20.3 Å². The predicted octanol–water partition coefficient (Wildman–Crippen LogP) is 6.55. The van der Waals surface area contributed by atoms with Gasteiger partial charge in [0, 0.05) is 87.1 Å². The van der Waals surface area contributed by atoms with E-state index in [9.17, 15) is 22.8 Å². The Morgan fingerprint density at radius 1 is 0.922 bits per heavy atom. The van der Waals surface area contributed by atoms with E-state index < -0.39 is 15.8 Å². The molecule has 1 atom stereocenters. The van der Waals surface area contributed by atoms with Gasteiger partial charge in [-0.3, -0.25) is 29.3 Å². The summed E-state index contributed by atoms with van der Waals surface area (Å²) in [5.41, 5.74) is 1.60. The molecule has 3 amide bonds. The van der Waals surface area contributed by atoms with Crippen LogP contribution in [0.2, 0.25) is 0 Å². The molecular weight excluding hydrogens is 856 g/mol. The first-order valence-corrected chi connectivity index (χ1v) is 25.1. The molecule has 15 nitrogen and oxygen atoms in total. The summed E-state index contributed by atoms with van der Waals surface area (Å²) >= 11 is 1.45.